The molecule has 0 spiro atoms. The Morgan fingerprint density at radius 2 is 2.22 bits per heavy atom. The summed E-state index contributed by atoms with van der Waals surface area (Å²) in [6, 6.07) is 4.92. The van der Waals surface area contributed by atoms with Crippen molar-refractivity contribution in [1.29, 1.82) is 0 Å². The van der Waals surface area contributed by atoms with Crippen LogP contribution in [0.15, 0.2) is 17.5 Å². The van der Waals surface area contributed by atoms with E-state index in [1.165, 1.54) is 17.7 Å². The third kappa shape index (κ3) is 2.94. The molecule has 0 radical (unpaired) electrons. The molecule has 2 bridgehead atoms. The van der Waals surface area contributed by atoms with Crippen molar-refractivity contribution in [1.82, 2.24) is 10.2 Å². The van der Waals surface area contributed by atoms with E-state index in [1.807, 2.05) is 11.3 Å². The molecule has 0 aromatic carbocycles. The predicted octanol–water partition coefficient (Wildman–Crippen LogP) is 2.09. The van der Waals surface area contributed by atoms with Gasteiger partial charge in [-0.2, -0.15) is 0 Å². The average molecular weight is 266 g/mol. The predicted molar refractivity (Wildman–Crippen MR) is 75.0 cm³/mol. The van der Waals surface area contributed by atoms with Gasteiger partial charge in [-0.1, -0.05) is 6.07 Å². The van der Waals surface area contributed by atoms with E-state index in [0.717, 1.165) is 26.2 Å². The van der Waals surface area contributed by atoms with Crippen molar-refractivity contribution in [2.45, 2.75) is 44.6 Å². The third-order valence-corrected chi connectivity index (χ3v) is 4.89. The fourth-order valence-corrected chi connectivity index (χ4v) is 3.63. The first kappa shape index (κ1) is 12.6. The highest BCUT2D eigenvalue weighted by Gasteiger charge is 2.35. The van der Waals surface area contributed by atoms with E-state index in [4.69, 9.17) is 4.74 Å². The number of nitrogens with zero attached hydrogens (tertiary/aromatic N) is 1. The van der Waals surface area contributed by atoms with Crippen molar-refractivity contribution in [2.24, 2.45) is 0 Å². The molecule has 1 aromatic heterocycles. The number of fused-ring (bicyclic) bond motifs is 2. The molecule has 3 unspecified atom stereocenters. The number of ether oxygens (including phenoxy) is 1. The molecule has 3 nitrogen and oxygen atoms in total. The molecule has 2 aliphatic rings. The fraction of sp³-hybridized carbons (Fsp3) is 0.714. The van der Waals surface area contributed by atoms with Gasteiger partial charge < -0.3 is 10.1 Å². The summed E-state index contributed by atoms with van der Waals surface area (Å²) in [6.45, 7) is 6.64. The quantitative estimate of drug-likeness (QED) is 0.883. The van der Waals surface area contributed by atoms with E-state index >= 15 is 0 Å². The molecule has 18 heavy (non-hydrogen) atoms. The lowest BCUT2D eigenvalue weighted by atomic mass is 10.2. The minimum absolute atomic E-state index is 0.503. The summed E-state index contributed by atoms with van der Waals surface area (Å²) in [5.74, 6) is 0. The van der Waals surface area contributed by atoms with Crippen LogP contribution in [0.25, 0.3) is 0 Å². The number of rotatable bonds is 5. The van der Waals surface area contributed by atoms with Crippen molar-refractivity contribution in [3.63, 3.8) is 0 Å². The lowest BCUT2D eigenvalue weighted by Gasteiger charge is -2.36. The molecule has 3 atom stereocenters. The van der Waals surface area contributed by atoms with Crippen LogP contribution in [0, 0.1) is 0 Å². The highest BCUT2D eigenvalue weighted by Crippen LogP contribution is 2.27. The first-order valence-corrected chi connectivity index (χ1v) is 7.82. The Hall–Kier alpha value is -0.420. The molecule has 0 amide bonds. The number of morpholine rings is 1. The largest absolute Gasteiger partial charge is 0.372 e. The number of likely N-dealkylation sites (tertiary alicyclic amines) is 1. The standard InChI is InChI=1S/C14H22N2OS/c1-11(7-15-8-14-3-2-6-18-14)16-9-12-4-5-13(10-16)17-12/h2-3,6,11-13,15H,4-5,7-10H2,1H3. The highest BCUT2D eigenvalue weighted by molar-refractivity contribution is 7.09. The zero-order valence-corrected chi connectivity index (χ0v) is 11.8. The van der Waals surface area contributed by atoms with Gasteiger partial charge >= 0.3 is 0 Å². The molecule has 0 aliphatic carbocycles. The van der Waals surface area contributed by atoms with Crippen molar-refractivity contribution in [3.05, 3.63) is 22.4 Å². The Morgan fingerprint density at radius 1 is 1.44 bits per heavy atom. The van der Waals surface area contributed by atoms with Crippen LogP contribution in [0.4, 0.5) is 0 Å². The smallest absolute Gasteiger partial charge is 0.0707 e. The SMILES string of the molecule is CC(CNCc1cccs1)N1CC2CCC(C1)O2. The van der Waals surface area contributed by atoms with Crippen LogP contribution in [0.2, 0.25) is 0 Å². The van der Waals surface area contributed by atoms with Crippen molar-refractivity contribution in [3.8, 4) is 0 Å². The van der Waals surface area contributed by atoms with E-state index in [2.05, 4.69) is 34.7 Å². The monoisotopic (exact) mass is 266 g/mol. The molecule has 3 heterocycles. The Morgan fingerprint density at radius 3 is 2.89 bits per heavy atom. The molecule has 2 saturated heterocycles. The third-order valence-electron chi connectivity index (χ3n) is 4.01. The van der Waals surface area contributed by atoms with E-state index in [9.17, 15) is 0 Å². The van der Waals surface area contributed by atoms with Crippen LogP contribution in [-0.2, 0) is 11.3 Å². The summed E-state index contributed by atoms with van der Waals surface area (Å²) in [7, 11) is 0. The van der Waals surface area contributed by atoms with Gasteiger partial charge in [0.1, 0.15) is 0 Å². The Kier molecular flexibility index (Phi) is 3.99. The first-order chi connectivity index (χ1) is 8.81. The Labute approximate surface area is 113 Å². The molecule has 0 saturated carbocycles. The summed E-state index contributed by atoms with van der Waals surface area (Å²) in [6.07, 6.45) is 3.53. The second-order valence-corrected chi connectivity index (χ2v) is 6.50. The summed E-state index contributed by atoms with van der Waals surface area (Å²) in [5.41, 5.74) is 0. The van der Waals surface area contributed by atoms with Gasteiger partial charge in [0.2, 0.25) is 0 Å². The zero-order valence-electron chi connectivity index (χ0n) is 11.0. The van der Waals surface area contributed by atoms with E-state index in [1.54, 1.807) is 0 Å². The number of hydrogen-bond donors (Lipinski definition) is 1. The summed E-state index contributed by atoms with van der Waals surface area (Å²) in [5, 5.41) is 5.70. The van der Waals surface area contributed by atoms with Gasteiger partial charge in [0.05, 0.1) is 12.2 Å². The van der Waals surface area contributed by atoms with E-state index in [0.29, 0.717) is 18.2 Å². The summed E-state index contributed by atoms with van der Waals surface area (Å²) in [4.78, 5) is 4.01. The Balaban J connectivity index is 1.42. The maximum absolute atomic E-state index is 5.88. The highest BCUT2D eigenvalue weighted by atomic mass is 32.1. The molecule has 2 aliphatic heterocycles. The van der Waals surface area contributed by atoms with Gasteiger partial charge in [-0.25, -0.2) is 0 Å². The van der Waals surface area contributed by atoms with Gasteiger partial charge in [0.25, 0.3) is 0 Å². The van der Waals surface area contributed by atoms with Crippen molar-refractivity contribution >= 4 is 11.3 Å². The van der Waals surface area contributed by atoms with Gasteiger partial charge in [-0.05, 0) is 31.2 Å². The maximum atomic E-state index is 5.88. The lowest BCUT2D eigenvalue weighted by molar-refractivity contribution is -0.0500. The second kappa shape index (κ2) is 5.70. The molecular weight excluding hydrogens is 244 g/mol. The average Bonchev–Trinajstić information content (AvgIpc) is 2.99. The molecule has 4 heteroatoms. The van der Waals surface area contributed by atoms with Crippen LogP contribution < -0.4 is 5.32 Å². The molecule has 2 fully saturated rings. The fourth-order valence-electron chi connectivity index (χ4n) is 2.95. The normalized spacial score (nSPS) is 29.6. The van der Waals surface area contributed by atoms with Gasteiger partial charge in [0.15, 0.2) is 0 Å². The Bertz CT molecular complexity index is 356. The minimum Gasteiger partial charge on any atom is -0.372 e. The zero-order chi connectivity index (χ0) is 12.4. The molecule has 1 N–H and O–H groups in total. The summed E-state index contributed by atoms with van der Waals surface area (Å²) >= 11 is 1.82. The topological polar surface area (TPSA) is 24.5 Å². The van der Waals surface area contributed by atoms with Crippen LogP contribution in [-0.4, -0.2) is 42.8 Å². The van der Waals surface area contributed by atoms with E-state index in [-0.39, 0.29) is 0 Å². The van der Waals surface area contributed by atoms with Crippen LogP contribution in [0.5, 0.6) is 0 Å². The second-order valence-electron chi connectivity index (χ2n) is 5.47. The van der Waals surface area contributed by atoms with Crippen LogP contribution >= 0.6 is 11.3 Å². The molecule has 1 aromatic rings. The first-order valence-electron chi connectivity index (χ1n) is 6.94. The number of nitrogens with one attached hydrogen (secondary N) is 1. The van der Waals surface area contributed by atoms with Crippen LogP contribution in [0.3, 0.4) is 0 Å². The van der Waals surface area contributed by atoms with Gasteiger partial charge in [-0.15, -0.1) is 11.3 Å². The van der Waals surface area contributed by atoms with Crippen LogP contribution in [0.1, 0.15) is 24.6 Å². The lowest BCUT2D eigenvalue weighted by Crippen LogP contribution is -2.49. The van der Waals surface area contributed by atoms with Gasteiger partial charge in [-0.3, -0.25) is 4.90 Å². The number of thiophene rings is 1. The van der Waals surface area contributed by atoms with Crippen molar-refractivity contribution in [2.75, 3.05) is 19.6 Å². The molecular formula is C14H22N2OS. The summed E-state index contributed by atoms with van der Waals surface area (Å²) < 4.78 is 5.88. The van der Waals surface area contributed by atoms with Gasteiger partial charge in [0, 0.05) is 37.1 Å². The minimum atomic E-state index is 0.503. The number of hydrogen-bond acceptors (Lipinski definition) is 4. The molecule has 100 valence electrons. The maximum Gasteiger partial charge on any atom is 0.0707 e. The molecule has 3 rings (SSSR count). The van der Waals surface area contributed by atoms with E-state index < -0.39 is 0 Å². The van der Waals surface area contributed by atoms with Crippen molar-refractivity contribution < 1.29 is 4.74 Å².